The van der Waals surface area contributed by atoms with E-state index in [4.69, 9.17) is 0 Å². The van der Waals surface area contributed by atoms with E-state index < -0.39 is 0 Å². The molecule has 0 bridgehead atoms. The Bertz CT molecular complexity index is 746. The van der Waals surface area contributed by atoms with Crippen LogP contribution in [0.1, 0.15) is 11.1 Å². The average Bonchev–Trinajstić information content (AvgIpc) is 2.38. The van der Waals surface area contributed by atoms with Crippen LogP contribution in [0.25, 0.3) is 22.2 Å². The van der Waals surface area contributed by atoms with E-state index >= 15 is 0 Å². The Morgan fingerprint density at radius 1 is 0.842 bits per heavy atom. The van der Waals surface area contributed by atoms with Gasteiger partial charge in [-0.25, -0.2) is 0 Å². The molecule has 3 heteroatoms. The molecule has 0 amide bonds. The molecular formula is C16H13BrN2. The van der Waals surface area contributed by atoms with Gasteiger partial charge in [-0.3, -0.25) is 9.97 Å². The zero-order valence-corrected chi connectivity index (χ0v) is 12.4. The van der Waals surface area contributed by atoms with Crippen molar-refractivity contribution in [3.63, 3.8) is 0 Å². The third kappa shape index (κ3) is 2.26. The van der Waals surface area contributed by atoms with Crippen molar-refractivity contribution in [2.24, 2.45) is 0 Å². The molecular weight excluding hydrogens is 300 g/mol. The summed E-state index contributed by atoms with van der Waals surface area (Å²) in [7, 11) is 0. The molecule has 3 aromatic rings. The minimum Gasteiger partial charge on any atom is -0.252 e. The van der Waals surface area contributed by atoms with Crippen LogP contribution in [0.5, 0.6) is 0 Å². The molecule has 0 N–H and O–H groups in total. The van der Waals surface area contributed by atoms with Gasteiger partial charge in [0.15, 0.2) is 0 Å². The number of rotatable bonds is 1. The van der Waals surface area contributed by atoms with E-state index in [2.05, 4.69) is 64.0 Å². The monoisotopic (exact) mass is 312 g/mol. The standard InChI is InChI=1S/C16H13BrN2/c1-10-7-11(2)9-12(8-10)13-3-4-14(17)16-15(13)18-5-6-19-16/h3-9H,1-2H3. The number of nitrogens with zero attached hydrogens (tertiary/aromatic N) is 2. The van der Waals surface area contributed by atoms with Crippen LogP contribution in [0.2, 0.25) is 0 Å². The number of aromatic nitrogens is 2. The molecule has 0 atom stereocenters. The topological polar surface area (TPSA) is 25.8 Å². The lowest BCUT2D eigenvalue weighted by Gasteiger charge is -2.09. The molecule has 2 aromatic carbocycles. The summed E-state index contributed by atoms with van der Waals surface area (Å²) in [5.74, 6) is 0. The van der Waals surface area contributed by atoms with Gasteiger partial charge in [0, 0.05) is 22.4 Å². The van der Waals surface area contributed by atoms with Crippen LogP contribution in [0, 0.1) is 13.8 Å². The summed E-state index contributed by atoms with van der Waals surface area (Å²) in [5.41, 5.74) is 6.67. The smallest absolute Gasteiger partial charge is 0.103 e. The number of aryl methyl sites for hydroxylation is 2. The van der Waals surface area contributed by atoms with Crippen molar-refractivity contribution in [1.82, 2.24) is 9.97 Å². The van der Waals surface area contributed by atoms with Gasteiger partial charge < -0.3 is 0 Å². The molecule has 0 aliphatic heterocycles. The Morgan fingerprint density at radius 3 is 2.16 bits per heavy atom. The zero-order valence-electron chi connectivity index (χ0n) is 10.8. The number of hydrogen-bond donors (Lipinski definition) is 0. The largest absolute Gasteiger partial charge is 0.252 e. The molecule has 0 spiro atoms. The number of fused-ring (bicyclic) bond motifs is 1. The van der Waals surface area contributed by atoms with Crippen molar-refractivity contribution >= 4 is 27.0 Å². The third-order valence-electron chi connectivity index (χ3n) is 3.11. The highest BCUT2D eigenvalue weighted by molar-refractivity contribution is 9.10. The number of hydrogen-bond acceptors (Lipinski definition) is 2. The lowest BCUT2D eigenvalue weighted by Crippen LogP contribution is -1.89. The van der Waals surface area contributed by atoms with E-state index in [0.29, 0.717) is 0 Å². The molecule has 0 aliphatic carbocycles. The molecule has 0 saturated heterocycles. The predicted molar refractivity (Wildman–Crippen MR) is 82.1 cm³/mol. The first-order valence-corrected chi connectivity index (χ1v) is 6.92. The first-order valence-electron chi connectivity index (χ1n) is 6.13. The second-order valence-electron chi connectivity index (χ2n) is 4.72. The second-order valence-corrected chi connectivity index (χ2v) is 5.58. The fourth-order valence-corrected chi connectivity index (χ4v) is 2.81. The van der Waals surface area contributed by atoms with Gasteiger partial charge in [0.05, 0.1) is 5.52 Å². The maximum atomic E-state index is 4.49. The Hall–Kier alpha value is -1.74. The highest BCUT2D eigenvalue weighted by Gasteiger charge is 2.09. The van der Waals surface area contributed by atoms with Gasteiger partial charge in [0.2, 0.25) is 0 Å². The van der Waals surface area contributed by atoms with Crippen molar-refractivity contribution in [1.29, 1.82) is 0 Å². The first kappa shape index (κ1) is 12.3. The van der Waals surface area contributed by atoms with E-state index in [-0.39, 0.29) is 0 Å². The summed E-state index contributed by atoms with van der Waals surface area (Å²) in [6.45, 7) is 4.23. The number of halogens is 1. The van der Waals surface area contributed by atoms with Crippen LogP contribution in [-0.2, 0) is 0 Å². The number of benzene rings is 2. The molecule has 1 aromatic heterocycles. The van der Waals surface area contributed by atoms with E-state index in [1.54, 1.807) is 12.4 Å². The van der Waals surface area contributed by atoms with Crippen LogP contribution in [0.15, 0.2) is 47.2 Å². The Balaban J connectivity index is 2.34. The minimum absolute atomic E-state index is 0.902. The van der Waals surface area contributed by atoms with Gasteiger partial charge >= 0.3 is 0 Å². The van der Waals surface area contributed by atoms with Crippen LogP contribution in [0.4, 0.5) is 0 Å². The molecule has 0 saturated carbocycles. The maximum absolute atomic E-state index is 4.49. The quantitative estimate of drug-likeness (QED) is 0.652. The summed E-state index contributed by atoms with van der Waals surface area (Å²) in [4.78, 5) is 8.89. The summed E-state index contributed by atoms with van der Waals surface area (Å²) >= 11 is 3.53. The molecule has 0 radical (unpaired) electrons. The Morgan fingerprint density at radius 2 is 1.47 bits per heavy atom. The summed E-state index contributed by atoms with van der Waals surface area (Å²) < 4.78 is 0.976. The highest BCUT2D eigenvalue weighted by atomic mass is 79.9. The normalized spacial score (nSPS) is 10.9. The van der Waals surface area contributed by atoms with Crippen LogP contribution < -0.4 is 0 Å². The lowest BCUT2D eigenvalue weighted by atomic mass is 9.99. The molecule has 1 heterocycles. The molecule has 0 fully saturated rings. The molecule has 0 aliphatic rings. The summed E-state index contributed by atoms with van der Waals surface area (Å²) in [6.07, 6.45) is 3.46. The van der Waals surface area contributed by atoms with E-state index in [0.717, 1.165) is 21.1 Å². The first-order chi connectivity index (χ1) is 9.15. The minimum atomic E-state index is 0.902. The van der Waals surface area contributed by atoms with Crippen LogP contribution in [0.3, 0.4) is 0 Å². The van der Waals surface area contributed by atoms with Crippen LogP contribution in [-0.4, -0.2) is 9.97 Å². The predicted octanol–water partition coefficient (Wildman–Crippen LogP) is 4.68. The molecule has 2 nitrogen and oxygen atoms in total. The van der Waals surface area contributed by atoms with Crippen molar-refractivity contribution in [2.45, 2.75) is 13.8 Å². The van der Waals surface area contributed by atoms with E-state index in [9.17, 15) is 0 Å². The highest BCUT2D eigenvalue weighted by Crippen LogP contribution is 2.31. The van der Waals surface area contributed by atoms with Crippen molar-refractivity contribution in [3.05, 3.63) is 58.3 Å². The van der Waals surface area contributed by atoms with Crippen molar-refractivity contribution in [3.8, 4) is 11.1 Å². The van der Waals surface area contributed by atoms with Crippen LogP contribution >= 0.6 is 15.9 Å². The van der Waals surface area contributed by atoms with Gasteiger partial charge in [-0.05, 0) is 41.4 Å². The Labute approximate surface area is 120 Å². The average molecular weight is 313 g/mol. The SMILES string of the molecule is Cc1cc(C)cc(-c2ccc(Br)c3nccnc23)c1. The second kappa shape index (κ2) is 4.74. The van der Waals surface area contributed by atoms with Gasteiger partial charge in [-0.2, -0.15) is 0 Å². The molecule has 3 rings (SSSR count). The third-order valence-corrected chi connectivity index (χ3v) is 3.75. The van der Waals surface area contributed by atoms with Gasteiger partial charge in [-0.1, -0.05) is 35.4 Å². The zero-order chi connectivity index (χ0) is 13.4. The van der Waals surface area contributed by atoms with Gasteiger partial charge in [0.1, 0.15) is 5.52 Å². The van der Waals surface area contributed by atoms with Crippen molar-refractivity contribution in [2.75, 3.05) is 0 Å². The Kier molecular flexibility index (Phi) is 3.07. The fraction of sp³-hybridized carbons (Fsp3) is 0.125. The van der Waals surface area contributed by atoms with E-state index in [1.807, 2.05) is 6.07 Å². The maximum Gasteiger partial charge on any atom is 0.103 e. The summed E-state index contributed by atoms with van der Waals surface area (Å²) in [5, 5.41) is 0. The van der Waals surface area contributed by atoms with Gasteiger partial charge in [-0.15, -0.1) is 0 Å². The molecule has 19 heavy (non-hydrogen) atoms. The molecule has 0 unspecified atom stereocenters. The van der Waals surface area contributed by atoms with Gasteiger partial charge in [0.25, 0.3) is 0 Å². The van der Waals surface area contributed by atoms with Crippen molar-refractivity contribution < 1.29 is 0 Å². The fourth-order valence-electron chi connectivity index (χ4n) is 2.39. The molecule has 94 valence electrons. The lowest BCUT2D eigenvalue weighted by molar-refractivity contribution is 1.29. The summed E-state index contributed by atoms with van der Waals surface area (Å²) in [6, 6.07) is 10.7. The van der Waals surface area contributed by atoms with E-state index in [1.165, 1.54) is 16.7 Å².